The number of nitrogens with one attached hydrogen (secondary N) is 1. The smallest absolute Gasteiger partial charge is 0.198 e. The third kappa shape index (κ3) is 1.81. The van der Waals surface area contributed by atoms with Gasteiger partial charge in [0.1, 0.15) is 11.5 Å². The van der Waals surface area contributed by atoms with Gasteiger partial charge in [-0.1, -0.05) is 12.1 Å². The molecule has 3 aromatic rings. The normalized spacial score (nSPS) is 10.8. The first-order valence-corrected chi connectivity index (χ1v) is 5.90. The molecule has 0 amide bonds. The second-order valence-corrected chi connectivity index (χ2v) is 4.37. The Kier molecular flexibility index (Phi) is 2.63. The van der Waals surface area contributed by atoms with Crippen LogP contribution in [0.15, 0.2) is 42.7 Å². The zero-order valence-corrected chi connectivity index (χ0v) is 10.3. The first-order chi connectivity index (χ1) is 9.18. The largest absolute Gasteiger partial charge is 0.345 e. The van der Waals surface area contributed by atoms with Crippen LogP contribution in [0.1, 0.15) is 21.5 Å². The zero-order valence-electron chi connectivity index (χ0n) is 10.3. The SMILES string of the molecule is Cc1cccc(C(=O)c2c[nH]c3ncccc23)c1F. The lowest BCUT2D eigenvalue weighted by atomic mass is 10.0. The van der Waals surface area contributed by atoms with Gasteiger partial charge >= 0.3 is 0 Å². The van der Waals surface area contributed by atoms with Crippen LogP contribution < -0.4 is 0 Å². The number of aromatic amines is 1. The van der Waals surface area contributed by atoms with Crippen molar-refractivity contribution in [3.63, 3.8) is 0 Å². The van der Waals surface area contributed by atoms with E-state index in [1.165, 1.54) is 6.07 Å². The van der Waals surface area contributed by atoms with Crippen LogP contribution in [0.2, 0.25) is 0 Å². The molecule has 0 atom stereocenters. The van der Waals surface area contributed by atoms with E-state index >= 15 is 0 Å². The summed E-state index contributed by atoms with van der Waals surface area (Å²) >= 11 is 0. The summed E-state index contributed by atoms with van der Waals surface area (Å²) in [7, 11) is 0. The van der Waals surface area contributed by atoms with Gasteiger partial charge in [0.2, 0.25) is 0 Å². The van der Waals surface area contributed by atoms with Crippen molar-refractivity contribution in [2.24, 2.45) is 0 Å². The van der Waals surface area contributed by atoms with Gasteiger partial charge in [-0.15, -0.1) is 0 Å². The van der Waals surface area contributed by atoms with Crippen LogP contribution in [0, 0.1) is 12.7 Å². The third-order valence-corrected chi connectivity index (χ3v) is 3.13. The first kappa shape index (κ1) is 11.6. The Morgan fingerprint density at radius 3 is 2.89 bits per heavy atom. The highest BCUT2D eigenvalue weighted by molar-refractivity contribution is 6.16. The molecule has 3 rings (SSSR count). The number of pyridine rings is 1. The average molecular weight is 254 g/mol. The van der Waals surface area contributed by atoms with Crippen LogP contribution in [0.5, 0.6) is 0 Å². The van der Waals surface area contributed by atoms with Gasteiger partial charge in [-0.05, 0) is 30.7 Å². The Bertz CT molecular complexity index is 777. The number of hydrogen-bond acceptors (Lipinski definition) is 2. The van der Waals surface area contributed by atoms with Crippen LogP contribution in [0.3, 0.4) is 0 Å². The van der Waals surface area contributed by atoms with E-state index in [4.69, 9.17) is 0 Å². The highest BCUT2D eigenvalue weighted by Gasteiger charge is 2.18. The highest BCUT2D eigenvalue weighted by atomic mass is 19.1. The van der Waals surface area contributed by atoms with Crippen LogP contribution in [0.4, 0.5) is 4.39 Å². The molecule has 0 unspecified atom stereocenters. The maximum Gasteiger partial charge on any atom is 0.198 e. The van der Waals surface area contributed by atoms with Gasteiger partial charge in [-0.25, -0.2) is 9.37 Å². The molecule has 0 saturated carbocycles. The van der Waals surface area contributed by atoms with Crippen molar-refractivity contribution < 1.29 is 9.18 Å². The zero-order chi connectivity index (χ0) is 13.4. The number of H-pyrrole nitrogens is 1. The van der Waals surface area contributed by atoms with E-state index in [0.717, 1.165) is 0 Å². The van der Waals surface area contributed by atoms with Crippen molar-refractivity contribution in [2.75, 3.05) is 0 Å². The molecule has 0 bridgehead atoms. The summed E-state index contributed by atoms with van der Waals surface area (Å²) in [5.74, 6) is -0.800. The number of benzene rings is 1. The fourth-order valence-corrected chi connectivity index (χ4v) is 2.11. The van der Waals surface area contributed by atoms with Crippen molar-refractivity contribution in [3.8, 4) is 0 Å². The summed E-state index contributed by atoms with van der Waals surface area (Å²) in [4.78, 5) is 19.4. The summed E-state index contributed by atoms with van der Waals surface area (Å²) in [6, 6.07) is 8.36. The molecule has 0 radical (unpaired) electrons. The fourth-order valence-electron chi connectivity index (χ4n) is 2.11. The molecular formula is C15H11FN2O. The number of nitrogens with zero attached hydrogens (tertiary/aromatic N) is 1. The van der Waals surface area contributed by atoms with Crippen molar-refractivity contribution in [1.29, 1.82) is 0 Å². The number of fused-ring (bicyclic) bond motifs is 1. The number of rotatable bonds is 2. The summed E-state index contributed by atoms with van der Waals surface area (Å²) in [6.07, 6.45) is 3.21. The second kappa shape index (κ2) is 4.31. The maximum absolute atomic E-state index is 14.0. The Balaban J connectivity index is 2.17. The van der Waals surface area contributed by atoms with Crippen molar-refractivity contribution in [3.05, 3.63) is 65.2 Å². The Morgan fingerprint density at radius 2 is 2.05 bits per heavy atom. The molecule has 4 heteroatoms. The van der Waals surface area contributed by atoms with Crippen LogP contribution in [-0.4, -0.2) is 15.8 Å². The number of carbonyl (C=O) groups excluding carboxylic acids is 1. The first-order valence-electron chi connectivity index (χ1n) is 5.90. The van der Waals surface area contributed by atoms with Gasteiger partial charge in [0.25, 0.3) is 0 Å². The molecule has 2 heterocycles. The van der Waals surface area contributed by atoms with Gasteiger partial charge in [0.15, 0.2) is 5.78 Å². The average Bonchev–Trinajstić information content (AvgIpc) is 2.85. The predicted molar refractivity (Wildman–Crippen MR) is 70.7 cm³/mol. The lowest BCUT2D eigenvalue weighted by Gasteiger charge is -2.03. The van der Waals surface area contributed by atoms with Gasteiger partial charge in [-0.3, -0.25) is 4.79 Å². The van der Waals surface area contributed by atoms with Gasteiger partial charge in [0.05, 0.1) is 5.56 Å². The number of ketones is 1. The molecule has 0 aliphatic carbocycles. The quantitative estimate of drug-likeness (QED) is 0.713. The van der Waals surface area contributed by atoms with Crippen molar-refractivity contribution in [2.45, 2.75) is 6.92 Å². The Morgan fingerprint density at radius 1 is 1.21 bits per heavy atom. The third-order valence-electron chi connectivity index (χ3n) is 3.13. The van der Waals surface area contributed by atoms with E-state index in [-0.39, 0.29) is 11.3 Å². The van der Waals surface area contributed by atoms with Gasteiger partial charge < -0.3 is 4.98 Å². The van der Waals surface area contributed by atoms with Crippen molar-refractivity contribution >= 4 is 16.8 Å². The topological polar surface area (TPSA) is 45.8 Å². The minimum atomic E-state index is -0.467. The van der Waals surface area contributed by atoms with Gasteiger partial charge in [-0.2, -0.15) is 0 Å². The molecule has 0 saturated heterocycles. The predicted octanol–water partition coefficient (Wildman–Crippen LogP) is 3.24. The minimum Gasteiger partial charge on any atom is -0.345 e. The molecule has 1 N–H and O–H groups in total. The summed E-state index contributed by atoms with van der Waals surface area (Å²) in [5, 5.41) is 0.702. The molecule has 2 aromatic heterocycles. The van der Waals surface area contributed by atoms with Crippen LogP contribution in [0.25, 0.3) is 11.0 Å². The number of halogens is 1. The standard InChI is InChI=1S/C15H11FN2O/c1-9-4-2-5-11(13(9)16)14(19)12-8-18-15-10(12)6-3-7-17-15/h2-8H,1H3,(H,17,18). The number of aromatic nitrogens is 2. The molecule has 1 aromatic carbocycles. The van der Waals surface area contributed by atoms with E-state index in [0.29, 0.717) is 22.2 Å². The monoisotopic (exact) mass is 254 g/mol. The summed E-state index contributed by atoms with van der Waals surface area (Å²) in [6.45, 7) is 1.64. The highest BCUT2D eigenvalue weighted by Crippen LogP contribution is 2.21. The van der Waals surface area contributed by atoms with E-state index in [2.05, 4.69) is 9.97 Å². The fraction of sp³-hybridized carbons (Fsp3) is 0.0667. The summed E-state index contributed by atoms with van der Waals surface area (Å²) < 4.78 is 14.0. The van der Waals surface area contributed by atoms with E-state index in [9.17, 15) is 9.18 Å². The second-order valence-electron chi connectivity index (χ2n) is 4.37. The summed E-state index contributed by atoms with van der Waals surface area (Å²) in [5.41, 5.74) is 1.61. The molecule has 0 spiro atoms. The van der Waals surface area contributed by atoms with Crippen LogP contribution in [-0.2, 0) is 0 Å². The molecule has 0 aliphatic heterocycles. The lowest BCUT2D eigenvalue weighted by molar-refractivity contribution is 0.103. The minimum absolute atomic E-state index is 0.0877. The van der Waals surface area contributed by atoms with E-state index in [1.54, 1.807) is 43.6 Å². The van der Waals surface area contributed by atoms with E-state index < -0.39 is 5.82 Å². The molecular weight excluding hydrogens is 243 g/mol. The van der Waals surface area contributed by atoms with Crippen molar-refractivity contribution in [1.82, 2.24) is 9.97 Å². The Labute approximate surface area is 109 Å². The van der Waals surface area contributed by atoms with Crippen LogP contribution >= 0.6 is 0 Å². The molecule has 0 aliphatic rings. The maximum atomic E-state index is 14.0. The van der Waals surface area contributed by atoms with E-state index in [1.807, 2.05) is 0 Å². The molecule has 0 fully saturated rings. The molecule has 3 nitrogen and oxygen atoms in total. The Hall–Kier alpha value is -2.49. The number of hydrogen-bond donors (Lipinski definition) is 1. The number of carbonyl (C=O) groups is 1. The molecule has 19 heavy (non-hydrogen) atoms. The molecule has 94 valence electrons. The number of aryl methyl sites for hydroxylation is 1. The van der Waals surface area contributed by atoms with Gasteiger partial charge in [0, 0.05) is 23.3 Å². The lowest BCUT2D eigenvalue weighted by Crippen LogP contribution is -2.04.